The van der Waals surface area contributed by atoms with Gasteiger partial charge in [-0.15, -0.1) is 11.3 Å². The molecule has 0 saturated heterocycles. The van der Waals surface area contributed by atoms with E-state index in [1.807, 2.05) is 6.92 Å². The summed E-state index contributed by atoms with van der Waals surface area (Å²) in [7, 11) is 0. The number of hydrogen-bond acceptors (Lipinski definition) is 2. The van der Waals surface area contributed by atoms with Gasteiger partial charge in [0.1, 0.15) is 0 Å². The van der Waals surface area contributed by atoms with Gasteiger partial charge in [0.25, 0.3) is 0 Å². The normalized spacial score (nSPS) is 10.9. The van der Waals surface area contributed by atoms with Gasteiger partial charge in [0.2, 0.25) is 0 Å². The van der Waals surface area contributed by atoms with E-state index in [0.717, 1.165) is 18.7 Å². The third-order valence-corrected chi connectivity index (χ3v) is 3.66. The van der Waals surface area contributed by atoms with Gasteiger partial charge in [0, 0.05) is 35.4 Å². The van der Waals surface area contributed by atoms with Crippen LogP contribution in [0.5, 0.6) is 0 Å². The summed E-state index contributed by atoms with van der Waals surface area (Å²) in [4.78, 5) is 4.47. The van der Waals surface area contributed by atoms with Gasteiger partial charge in [-0.2, -0.15) is 0 Å². The van der Waals surface area contributed by atoms with Crippen LogP contribution in [0.1, 0.15) is 22.1 Å². The maximum absolute atomic E-state index is 4.47. The van der Waals surface area contributed by atoms with Crippen molar-refractivity contribution in [1.29, 1.82) is 0 Å². The first-order valence-electron chi connectivity index (χ1n) is 5.20. The van der Waals surface area contributed by atoms with Gasteiger partial charge in [-0.05, 0) is 32.9 Å². The van der Waals surface area contributed by atoms with Crippen LogP contribution in [0.4, 0.5) is 0 Å². The van der Waals surface area contributed by atoms with E-state index in [1.165, 1.54) is 16.4 Å². The minimum atomic E-state index is 1.04. The Balaban J connectivity index is 2.05. The summed E-state index contributed by atoms with van der Waals surface area (Å²) in [6.45, 7) is 7.39. The van der Waals surface area contributed by atoms with Crippen LogP contribution >= 0.6 is 11.3 Å². The molecule has 0 saturated carbocycles. The van der Waals surface area contributed by atoms with Crippen molar-refractivity contribution in [3.63, 3.8) is 0 Å². The van der Waals surface area contributed by atoms with Crippen LogP contribution in [-0.2, 0) is 13.0 Å². The van der Waals surface area contributed by atoms with E-state index in [-0.39, 0.29) is 0 Å². The van der Waals surface area contributed by atoms with E-state index in [1.54, 1.807) is 11.3 Å². The largest absolute Gasteiger partial charge is 0.349 e. The third kappa shape index (κ3) is 2.29. The molecule has 0 N–H and O–H groups in total. The van der Waals surface area contributed by atoms with Crippen LogP contribution in [0.15, 0.2) is 17.5 Å². The summed E-state index contributed by atoms with van der Waals surface area (Å²) in [6.07, 6.45) is 1.04. The maximum Gasteiger partial charge on any atom is 0.0945 e. The summed E-state index contributed by atoms with van der Waals surface area (Å²) in [5.74, 6) is 0. The Morgan fingerprint density at radius 1 is 1.20 bits per heavy atom. The second-order valence-electron chi connectivity index (χ2n) is 3.90. The second-order valence-corrected chi connectivity index (χ2v) is 4.84. The van der Waals surface area contributed by atoms with E-state index in [9.17, 15) is 0 Å². The molecule has 0 bridgehead atoms. The lowest BCUT2D eigenvalue weighted by Crippen LogP contribution is -2.04. The smallest absolute Gasteiger partial charge is 0.0945 e. The Morgan fingerprint density at radius 2 is 1.87 bits per heavy atom. The van der Waals surface area contributed by atoms with Crippen LogP contribution in [0.2, 0.25) is 0 Å². The van der Waals surface area contributed by atoms with Crippen LogP contribution in [0.25, 0.3) is 0 Å². The molecule has 0 spiro atoms. The number of nitrogens with zero attached hydrogens (tertiary/aromatic N) is 2. The Hall–Kier alpha value is -1.09. The highest BCUT2D eigenvalue weighted by molar-refractivity contribution is 7.09. The van der Waals surface area contributed by atoms with Gasteiger partial charge in [-0.3, -0.25) is 0 Å². The monoisotopic (exact) mass is 220 g/mol. The molecule has 2 nitrogen and oxygen atoms in total. The van der Waals surface area contributed by atoms with Gasteiger partial charge in [-0.1, -0.05) is 0 Å². The molecule has 0 aromatic carbocycles. The van der Waals surface area contributed by atoms with Gasteiger partial charge >= 0.3 is 0 Å². The zero-order valence-electron chi connectivity index (χ0n) is 9.45. The molecule has 15 heavy (non-hydrogen) atoms. The molecule has 2 rings (SSSR count). The molecule has 2 aromatic heterocycles. The molecular formula is C12H16N2S. The average Bonchev–Trinajstić information content (AvgIpc) is 2.73. The molecule has 2 aromatic rings. The van der Waals surface area contributed by atoms with Gasteiger partial charge in [0.05, 0.1) is 5.01 Å². The molecule has 3 heteroatoms. The van der Waals surface area contributed by atoms with E-state index in [2.05, 4.69) is 40.9 Å². The van der Waals surface area contributed by atoms with E-state index >= 15 is 0 Å². The van der Waals surface area contributed by atoms with Crippen molar-refractivity contribution in [3.8, 4) is 0 Å². The SMILES string of the molecule is Cc1csc(CCn2c(C)ccc2C)n1. The highest BCUT2D eigenvalue weighted by Gasteiger charge is 2.03. The molecule has 0 unspecified atom stereocenters. The lowest BCUT2D eigenvalue weighted by molar-refractivity contribution is 0.661. The number of aromatic nitrogens is 2. The first kappa shape index (κ1) is 10.4. The molecule has 0 aliphatic carbocycles. The third-order valence-electron chi connectivity index (χ3n) is 2.63. The fourth-order valence-electron chi connectivity index (χ4n) is 1.78. The van der Waals surface area contributed by atoms with Crippen LogP contribution in [-0.4, -0.2) is 9.55 Å². The minimum Gasteiger partial charge on any atom is -0.349 e. The minimum absolute atomic E-state index is 1.04. The van der Waals surface area contributed by atoms with Crippen LogP contribution in [0, 0.1) is 20.8 Å². The predicted octanol–water partition coefficient (Wildman–Crippen LogP) is 3.11. The predicted molar refractivity (Wildman–Crippen MR) is 64.5 cm³/mol. The summed E-state index contributed by atoms with van der Waals surface area (Å²) < 4.78 is 2.34. The quantitative estimate of drug-likeness (QED) is 0.777. The summed E-state index contributed by atoms with van der Waals surface area (Å²) in [6, 6.07) is 4.34. The molecule has 80 valence electrons. The zero-order valence-corrected chi connectivity index (χ0v) is 10.3. The average molecular weight is 220 g/mol. The van der Waals surface area contributed by atoms with Crippen molar-refractivity contribution in [2.24, 2.45) is 0 Å². The molecule has 0 aliphatic rings. The van der Waals surface area contributed by atoms with Crippen molar-refractivity contribution in [3.05, 3.63) is 39.6 Å². The molecule has 0 radical (unpaired) electrons. The maximum atomic E-state index is 4.47. The Morgan fingerprint density at radius 3 is 2.40 bits per heavy atom. The second kappa shape index (κ2) is 4.19. The number of rotatable bonds is 3. The fraction of sp³-hybridized carbons (Fsp3) is 0.417. The Kier molecular flexibility index (Phi) is 2.91. The van der Waals surface area contributed by atoms with E-state index < -0.39 is 0 Å². The Bertz CT molecular complexity index is 434. The zero-order chi connectivity index (χ0) is 10.8. The molecule has 0 amide bonds. The lowest BCUT2D eigenvalue weighted by atomic mass is 10.4. The highest BCUT2D eigenvalue weighted by Crippen LogP contribution is 2.13. The highest BCUT2D eigenvalue weighted by atomic mass is 32.1. The van der Waals surface area contributed by atoms with Gasteiger partial charge < -0.3 is 4.57 Å². The fourth-order valence-corrected chi connectivity index (χ4v) is 2.54. The van der Waals surface area contributed by atoms with Crippen molar-refractivity contribution in [1.82, 2.24) is 9.55 Å². The van der Waals surface area contributed by atoms with Crippen molar-refractivity contribution in [2.45, 2.75) is 33.7 Å². The van der Waals surface area contributed by atoms with Gasteiger partial charge in [0.15, 0.2) is 0 Å². The van der Waals surface area contributed by atoms with Crippen molar-refractivity contribution in [2.75, 3.05) is 0 Å². The first-order valence-corrected chi connectivity index (χ1v) is 6.08. The number of aryl methyl sites for hydroxylation is 4. The summed E-state index contributed by atoms with van der Waals surface area (Å²) >= 11 is 1.76. The number of hydrogen-bond donors (Lipinski definition) is 0. The summed E-state index contributed by atoms with van der Waals surface area (Å²) in [5, 5.41) is 3.35. The van der Waals surface area contributed by atoms with Crippen molar-refractivity contribution >= 4 is 11.3 Å². The van der Waals surface area contributed by atoms with Crippen LogP contribution < -0.4 is 0 Å². The van der Waals surface area contributed by atoms with E-state index in [4.69, 9.17) is 0 Å². The van der Waals surface area contributed by atoms with E-state index in [0.29, 0.717) is 0 Å². The Labute approximate surface area is 94.6 Å². The lowest BCUT2D eigenvalue weighted by Gasteiger charge is -2.07. The topological polar surface area (TPSA) is 17.8 Å². The van der Waals surface area contributed by atoms with Gasteiger partial charge in [-0.25, -0.2) is 4.98 Å². The molecular weight excluding hydrogens is 204 g/mol. The molecule has 0 fully saturated rings. The summed E-state index contributed by atoms with van der Waals surface area (Å²) in [5.41, 5.74) is 3.80. The first-order chi connectivity index (χ1) is 7.16. The number of thiazole rings is 1. The van der Waals surface area contributed by atoms with Crippen molar-refractivity contribution < 1.29 is 0 Å². The molecule has 0 atom stereocenters. The standard InChI is InChI=1S/C12H16N2S/c1-9-8-15-12(13-9)6-7-14-10(2)4-5-11(14)3/h4-5,8H,6-7H2,1-3H3. The molecule has 2 heterocycles. The molecule has 0 aliphatic heterocycles. The van der Waals surface area contributed by atoms with Crippen LogP contribution in [0.3, 0.4) is 0 Å².